The molecule has 0 saturated heterocycles. The molecule has 7 heteroatoms. The summed E-state index contributed by atoms with van der Waals surface area (Å²) in [5.41, 5.74) is 5.00. The second-order valence-corrected chi connectivity index (χ2v) is 6.30. The number of carboxylic acids is 1. The Morgan fingerprint density at radius 1 is 1.33 bits per heavy atom. The molecule has 1 rings (SSSR count). The summed E-state index contributed by atoms with van der Waals surface area (Å²) in [4.78, 5) is 33.7. The van der Waals surface area contributed by atoms with Crippen LogP contribution in [0.4, 0.5) is 4.79 Å². The van der Waals surface area contributed by atoms with Crippen LogP contribution >= 0.6 is 0 Å². The lowest BCUT2D eigenvalue weighted by atomic mass is 9.73. The van der Waals surface area contributed by atoms with Gasteiger partial charge in [0.15, 0.2) is 0 Å². The van der Waals surface area contributed by atoms with Crippen molar-refractivity contribution >= 4 is 17.9 Å². The third kappa shape index (κ3) is 5.61. The third-order valence-electron chi connectivity index (χ3n) is 4.10. The number of nitrogens with one attached hydrogen (secondary N) is 2. The lowest BCUT2D eigenvalue weighted by molar-refractivity contribution is -0.139. The average Bonchev–Trinajstić information content (AvgIpc) is 2.36. The highest BCUT2D eigenvalue weighted by atomic mass is 16.4. The molecule has 7 nitrogen and oxygen atoms in total. The molecule has 0 aromatic carbocycles. The van der Waals surface area contributed by atoms with Crippen molar-refractivity contribution in [3.63, 3.8) is 0 Å². The number of carboxylic acid groups (broad SMARTS) is 1. The largest absolute Gasteiger partial charge is 0.480 e. The maximum absolute atomic E-state index is 12.0. The zero-order valence-electron chi connectivity index (χ0n) is 12.6. The molecule has 0 radical (unpaired) electrons. The predicted molar refractivity (Wildman–Crippen MR) is 77.6 cm³/mol. The van der Waals surface area contributed by atoms with Crippen molar-refractivity contribution in [2.45, 2.75) is 64.5 Å². The van der Waals surface area contributed by atoms with E-state index in [1.165, 1.54) is 0 Å². The molecule has 120 valence electrons. The topological polar surface area (TPSA) is 122 Å². The van der Waals surface area contributed by atoms with Crippen LogP contribution in [-0.4, -0.2) is 35.1 Å². The fourth-order valence-electron chi connectivity index (χ4n) is 2.66. The van der Waals surface area contributed by atoms with Crippen LogP contribution in [0.2, 0.25) is 0 Å². The van der Waals surface area contributed by atoms with Gasteiger partial charge in [-0.3, -0.25) is 4.79 Å². The minimum Gasteiger partial charge on any atom is -0.480 e. The maximum atomic E-state index is 12.0. The number of amides is 3. The molecule has 3 amide bonds. The molecule has 0 aromatic rings. The van der Waals surface area contributed by atoms with Crippen LogP contribution in [0.25, 0.3) is 0 Å². The summed E-state index contributed by atoms with van der Waals surface area (Å²) in [6.45, 7) is 4.19. The molecule has 0 heterocycles. The third-order valence-corrected chi connectivity index (χ3v) is 4.10. The van der Waals surface area contributed by atoms with Crippen LogP contribution in [0, 0.1) is 5.41 Å². The standard InChI is InChI=1S/C14H25N3O4/c1-14(2)8-4-3-5-10(14)17-13(21)16-9(12(19)20)6-7-11(15)18/h9-10H,3-8H2,1-2H3,(H2,15,18)(H,19,20)(H2,16,17,21)/t9-,10?/m0/s1. The van der Waals surface area contributed by atoms with Gasteiger partial charge in [-0.1, -0.05) is 26.7 Å². The van der Waals surface area contributed by atoms with Gasteiger partial charge in [0, 0.05) is 12.5 Å². The number of carbonyl (C=O) groups is 3. The molecular weight excluding hydrogens is 274 g/mol. The quantitative estimate of drug-likeness (QED) is 0.584. The number of rotatable bonds is 6. The second-order valence-electron chi connectivity index (χ2n) is 6.30. The predicted octanol–water partition coefficient (Wildman–Crippen LogP) is 0.973. The second kappa shape index (κ2) is 7.28. The van der Waals surface area contributed by atoms with Crippen molar-refractivity contribution in [2.24, 2.45) is 11.1 Å². The first-order chi connectivity index (χ1) is 9.72. The molecule has 0 bridgehead atoms. The van der Waals surface area contributed by atoms with Gasteiger partial charge in [-0.2, -0.15) is 0 Å². The maximum Gasteiger partial charge on any atom is 0.326 e. The molecule has 0 aliphatic heterocycles. The number of carbonyl (C=O) groups excluding carboxylic acids is 2. The highest BCUT2D eigenvalue weighted by Gasteiger charge is 2.33. The minimum absolute atomic E-state index is 0.00152. The van der Waals surface area contributed by atoms with Gasteiger partial charge < -0.3 is 21.5 Å². The van der Waals surface area contributed by atoms with Crippen molar-refractivity contribution in [1.82, 2.24) is 10.6 Å². The Hall–Kier alpha value is -1.79. The van der Waals surface area contributed by atoms with E-state index in [4.69, 9.17) is 10.8 Å². The molecular formula is C14H25N3O4. The summed E-state index contributed by atoms with van der Waals surface area (Å²) in [6, 6.07) is -1.59. The molecule has 1 aliphatic rings. The van der Waals surface area contributed by atoms with Gasteiger partial charge in [-0.15, -0.1) is 0 Å². The summed E-state index contributed by atoms with van der Waals surface area (Å²) in [5, 5.41) is 14.3. The Labute approximate surface area is 124 Å². The summed E-state index contributed by atoms with van der Waals surface area (Å²) >= 11 is 0. The molecule has 1 aliphatic carbocycles. The first-order valence-corrected chi connectivity index (χ1v) is 7.30. The monoisotopic (exact) mass is 299 g/mol. The lowest BCUT2D eigenvalue weighted by Crippen LogP contribution is -2.53. The molecule has 1 fully saturated rings. The van der Waals surface area contributed by atoms with E-state index in [2.05, 4.69) is 24.5 Å². The first kappa shape index (κ1) is 17.3. The Balaban J connectivity index is 2.53. The van der Waals surface area contributed by atoms with Crippen LogP contribution < -0.4 is 16.4 Å². The van der Waals surface area contributed by atoms with Crippen molar-refractivity contribution in [3.8, 4) is 0 Å². The molecule has 0 aromatic heterocycles. The minimum atomic E-state index is -1.17. The zero-order valence-corrected chi connectivity index (χ0v) is 12.6. The fraction of sp³-hybridized carbons (Fsp3) is 0.786. The van der Waals surface area contributed by atoms with Crippen molar-refractivity contribution in [1.29, 1.82) is 0 Å². The van der Waals surface area contributed by atoms with E-state index >= 15 is 0 Å². The number of primary amides is 1. The number of nitrogens with two attached hydrogens (primary N) is 1. The molecule has 1 saturated carbocycles. The van der Waals surface area contributed by atoms with Gasteiger partial charge in [0.1, 0.15) is 6.04 Å². The van der Waals surface area contributed by atoms with Gasteiger partial charge in [-0.25, -0.2) is 9.59 Å². The van der Waals surface area contributed by atoms with Crippen LogP contribution in [0.15, 0.2) is 0 Å². The van der Waals surface area contributed by atoms with E-state index in [9.17, 15) is 14.4 Å². The summed E-state index contributed by atoms with van der Waals surface area (Å²) in [7, 11) is 0. The normalized spacial score (nSPS) is 22.1. The van der Waals surface area contributed by atoms with E-state index in [1.54, 1.807) is 0 Å². The van der Waals surface area contributed by atoms with Crippen molar-refractivity contribution in [2.75, 3.05) is 0 Å². The average molecular weight is 299 g/mol. The van der Waals surface area contributed by atoms with Gasteiger partial charge in [0.05, 0.1) is 0 Å². The fourth-order valence-corrected chi connectivity index (χ4v) is 2.66. The van der Waals surface area contributed by atoms with Gasteiger partial charge >= 0.3 is 12.0 Å². The highest BCUT2D eigenvalue weighted by Crippen LogP contribution is 2.35. The lowest BCUT2D eigenvalue weighted by Gasteiger charge is -2.39. The SMILES string of the molecule is CC1(C)CCCCC1NC(=O)N[C@@H](CCC(N)=O)C(=O)O. The van der Waals surface area contributed by atoms with Crippen LogP contribution in [0.3, 0.4) is 0 Å². The van der Waals surface area contributed by atoms with Crippen LogP contribution in [0.5, 0.6) is 0 Å². The Morgan fingerprint density at radius 2 is 2.00 bits per heavy atom. The van der Waals surface area contributed by atoms with Crippen LogP contribution in [-0.2, 0) is 9.59 Å². The molecule has 2 atom stereocenters. The number of hydrogen-bond donors (Lipinski definition) is 4. The van der Waals surface area contributed by atoms with E-state index in [0.717, 1.165) is 25.7 Å². The van der Waals surface area contributed by atoms with Gasteiger partial charge in [0.25, 0.3) is 0 Å². The molecule has 1 unspecified atom stereocenters. The Bertz CT molecular complexity index is 409. The summed E-state index contributed by atoms with van der Waals surface area (Å²) < 4.78 is 0. The van der Waals surface area contributed by atoms with E-state index < -0.39 is 23.9 Å². The highest BCUT2D eigenvalue weighted by molar-refractivity contribution is 5.83. The van der Waals surface area contributed by atoms with E-state index in [0.29, 0.717) is 0 Å². The Kier molecular flexibility index (Phi) is 5.99. The van der Waals surface area contributed by atoms with Crippen molar-refractivity contribution < 1.29 is 19.5 Å². The summed E-state index contributed by atoms with van der Waals surface area (Å²) in [5.74, 6) is -1.76. The van der Waals surface area contributed by atoms with Gasteiger partial charge in [-0.05, 0) is 24.7 Å². The van der Waals surface area contributed by atoms with E-state index in [-0.39, 0.29) is 24.3 Å². The molecule has 0 spiro atoms. The molecule has 21 heavy (non-hydrogen) atoms. The van der Waals surface area contributed by atoms with Crippen molar-refractivity contribution in [3.05, 3.63) is 0 Å². The smallest absolute Gasteiger partial charge is 0.326 e. The van der Waals surface area contributed by atoms with E-state index in [1.807, 2.05) is 0 Å². The number of urea groups is 1. The zero-order chi connectivity index (χ0) is 16.0. The number of hydrogen-bond acceptors (Lipinski definition) is 3. The Morgan fingerprint density at radius 3 is 2.52 bits per heavy atom. The van der Waals surface area contributed by atoms with Gasteiger partial charge in [0.2, 0.25) is 5.91 Å². The molecule has 5 N–H and O–H groups in total. The first-order valence-electron chi connectivity index (χ1n) is 7.30. The van der Waals surface area contributed by atoms with Crippen LogP contribution in [0.1, 0.15) is 52.4 Å². The summed E-state index contributed by atoms with van der Waals surface area (Å²) in [6.07, 6.45) is 4.03. The number of aliphatic carboxylic acids is 1.